The summed E-state index contributed by atoms with van der Waals surface area (Å²) in [6, 6.07) is 4.71. The molecule has 1 aromatic rings. The van der Waals surface area contributed by atoms with E-state index in [1.807, 2.05) is 19.2 Å². The third-order valence-electron chi connectivity index (χ3n) is 4.21. The summed E-state index contributed by atoms with van der Waals surface area (Å²) < 4.78 is 0. The second kappa shape index (κ2) is 5.70. The highest BCUT2D eigenvalue weighted by molar-refractivity contribution is 5.48. The molecule has 0 aromatic carbocycles. The number of anilines is 1. The number of nitrogens with two attached hydrogens (primary N) is 1. The Hall–Kier alpha value is -1.09. The predicted molar refractivity (Wildman–Crippen MR) is 76.7 cm³/mol. The number of hydrogen-bond acceptors (Lipinski definition) is 3. The molecule has 0 radical (unpaired) electrons. The monoisotopic (exact) mass is 247 g/mol. The van der Waals surface area contributed by atoms with Crippen LogP contribution in [0.4, 0.5) is 5.82 Å². The Morgan fingerprint density at radius 3 is 2.78 bits per heavy atom. The van der Waals surface area contributed by atoms with Crippen molar-refractivity contribution in [2.45, 2.75) is 51.6 Å². The first-order chi connectivity index (χ1) is 8.61. The molecular formula is C15H25N3. The molecule has 1 saturated carbocycles. The van der Waals surface area contributed by atoms with Crippen LogP contribution in [0.15, 0.2) is 18.3 Å². The molecule has 3 atom stereocenters. The summed E-state index contributed by atoms with van der Waals surface area (Å²) in [6.45, 7) is 4.38. The van der Waals surface area contributed by atoms with Gasteiger partial charge in [0.25, 0.3) is 0 Å². The van der Waals surface area contributed by atoms with Crippen LogP contribution in [0.2, 0.25) is 0 Å². The minimum atomic E-state index is 0.0371. The molecule has 18 heavy (non-hydrogen) atoms. The normalized spacial score (nSPS) is 25.8. The van der Waals surface area contributed by atoms with E-state index in [4.69, 9.17) is 5.73 Å². The molecule has 0 bridgehead atoms. The van der Waals surface area contributed by atoms with E-state index in [0.29, 0.717) is 6.04 Å². The summed E-state index contributed by atoms with van der Waals surface area (Å²) in [7, 11) is 2.17. The van der Waals surface area contributed by atoms with E-state index in [1.54, 1.807) is 0 Å². The molecule has 2 rings (SSSR count). The molecule has 0 aliphatic heterocycles. The Morgan fingerprint density at radius 1 is 1.39 bits per heavy atom. The van der Waals surface area contributed by atoms with Gasteiger partial charge in [0.05, 0.1) is 0 Å². The van der Waals surface area contributed by atoms with Gasteiger partial charge in [0, 0.05) is 30.9 Å². The van der Waals surface area contributed by atoms with Crippen molar-refractivity contribution < 1.29 is 0 Å². The fourth-order valence-corrected chi connectivity index (χ4v) is 3.09. The zero-order valence-electron chi connectivity index (χ0n) is 11.8. The summed E-state index contributed by atoms with van der Waals surface area (Å²) in [6.07, 6.45) is 7.17. The van der Waals surface area contributed by atoms with Crippen LogP contribution in [0, 0.1) is 5.92 Å². The average molecular weight is 247 g/mol. The van der Waals surface area contributed by atoms with Gasteiger partial charge in [-0.1, -0.05) is 25.8 Å². The lowest BCUT2D eigenvalue weighted by molar-refractivity contribution is 0.320. The standard InChI is InChI=1S/C15H25N3/c1-11-7-4-5-9-14(11)18(3)15-13(12(2)16)8-6-10-17-15/h6,8,10-12,14H,4-5,7,9,16H2,1-3H3. The molecule has 2 N–H and O–H groups in total. The van der Waals surface area contributed by atoms with Gasteiger partial charge in [-0.05, 0) is 31.7 Å². The van der Waals surface area contributed by atoms with Crippen molar-refractivity contribution in [3.8, 4) is 0 Å². The van der Waals surface area contributed by atoms with E-state index in [-0.39, 0.29) is 6.04 Å². The molecule has 0 amide bonds. The largest absolute Gasteiger partial charge is 0.356 e. The summed E-state index contributed by atoms with van der Waals surface area (Å²) in [5.74, 6) is 1.80. The zero-order valence-corrected chi connectivity index (χ0v) is 11.8. The fourth-order valence-electron chi connectivity index (χ4n) is 3.09. The molecule has 0 spiro atoms. The molecule has 1 aromatic heterocycles. The highest BCUT2D eigenvalue weighted by Gasteiger charge is 2.27. The van der Waals surface area contributed by atoms with Crippen molar-refractivity contribution in [1.29, 1.82) is 0 Å². The van der Waals surface area contributed by atoms with E-state index in [1.165, 1.54) is 25.7 Å². The highest BCUT2D eigenvalue weighted by Crippen LogP contribution is 2.32. The van der Waals surface area contributed by atoms with Crippen LogP contribution < -0.4 is 10.6 Å². The SMILES string of the molecule is CC(N)c1cccnc1N(C)C1CCCCC1C. The molecule has 3 nitrogen and oxygen atoms in total. The summed E-state index contributed by atoms with van der Waals surface area (Å²) in [5, 5.41) is 0. The van der Waals surface area contributed by atoms with Gasteiger partial charge in [-0.2, -0.15) is 0 Å². The predicted octanol–water partition coefficient (Wildman–Crippen LogP) is 3.12. The van der Waals surface area contributed by atoms with Crippen LogP contribution in [0.1, 0.15) is 51.1 Å². The first-order valence-electron chi connectivity index (χ1n) is 7.04. The lowest BCUT2D eigenvalue weighted by Gasteiger charge is -2.38. The molecule has 1 aliphatic carbocycles. The van der Waals surface area contributed by atoms with Gasteiger partial charge < -0.3 is 10.6 Å². The molecule has 0 saturated heterocycles. The second-order valence-corrected chi connectivity index (χ2v) is 5.64. The number of rotatable bonds is 3. The summed E-state index contributed by atoms with van der Waals surface area (Å²) in [4.78, 5) is 6.91. The minimum Gasteiger partial charge on any atom is -0.356 e. The second-order valence-electron chi connectivity index (χ2n) is 5.64. The third-order valence-corrected chi connectivity index (χ3v) is 4.21. The first-order valence-corrected chi connectivity index (χ1v) is 7.04. The molecule has 1 fully saturated rings. The maximum absolute atomic E-state index is 6.05. The van der Waals surface area contributed by atoms with Crippen LogP contribution >= 0.6 is 0 Å². The first kappa shape index (κ1) is 13.3. The van der Waals surface area contributed by atoms with Crippen LogP contribution in [0.25, 0.3) is 0 Å². The van der Waals surface area contributed by atoms with E-state index < -0.39 is 0 Å². The number of aromatic nitrogens is 1. The van der Waals surface area contributed by atoms with Crippen molar-refractivity contribution in [3.05, 3.63) is 23.9 Å². The van der Waals surface area contributed by atoms with Crippen molar-refractivity contribution in [3.63, 3.8) is 0 Å². The number of pyridine rings is 1. The Balaban J connectivity index is 2.24. The Bertz CT molecular complexity index is 389. The van der Waals surface area contributed by atoms with Crippen molar-refractivity contribution in [2.24, 2.45) is 11.7 Å². The maximum Gasteiger partial charge on any atom is 0.133 e. The molecule has 100 valence electrons. The lowest BCUT2D eigenvalue weighted by atomic mass is 9.85. The summed E-state index contributed by atoms with van der Waals surface area (Å²) in [5.41, 5.74) is 7.20. The Morgan fingerprint density at radius 2 is 2.11 bits per heavy atom. The zero-order chi connectivity index (χ0) is 13.1. The van der Waals surface area contributed by atoms with Crippen LogP contribution in [-0.4, -0.2) is 18.1 Å². The van der Waals surface area contributed by atoms with E-state index in [9.17, 15) is 0 Å². The van der Waals surface area contributed by atoms with Gasteiger partial charge in [0.2, 0.25) is 0 Å². The minimum absolute atomic E-state index is 0.0371. The maximum atomic E-state index is 6.05. The fraction of sp³-hybridized carbons (Fsp3) is 0.667. The van der Waals surface area contributed by atoms with E-state index in [0.717, 1.165) is 17.3 Å². The van der Waals surface area contributed by atoms with Gasteiger partial charge in [-0.25, -0.2) is 4.98 Å². The lowest BCUT2D eigenvalue weighted by Crippen LogP contribution is -2.40. The van der Waals surface area contributed by atoms with Crippen LogP contribution in [0.3, 0.4) is 0 Å². The van der Waals surface area contributed by atoms with Gasteiger partial charge in [0.15, 0.2) is 0 Å². The molecule has 1 heterocycles. The Labute approximate surface area is 110 Å². The van der Waals surface area contributed by atoms with Crippen LogP contribution in [-0.2, 0) is 0 Å². The molecule has 1 aliphatic rings. The number of hydrogen-bond donors (Lipinski definition) is 1. The topological polar surface area (TPSA) is 42.1 Å². The Kier molecular flexibility index (Phi) is 4.23. The highest BCUT2D eigenvalue weighted by atomic mass is 15.2. The smallest absolute Gasteiger partial charge is 0.133 e. The molecule has 3 heteroatoms. The number of nitrogens with zero attached hydrogens (tertiary/aromatic N) is 2. The van der Waals surface area contributed by atoms with Crippen LogP contribution in [0.5, 0.6) is 0 Å². The van der Waals surface area contributed by atoms with Crippen molar-refractivity contribution in [1.82, 2.24) is 4.98 Å². The third kappa shape index (κ3) is 2.66. The quantitative estimate of drug-likeness (QED) is 0.892. The van der Waals surface area contributed by atoms with Gasteiger partial charge in [0.1, 0.15) is 5.82 Å². The average Bonchev–Trinajstić information content (AvgIpc) is 2.38. The van der Waals surface area contributed by atoms with E-state index >= 15 is 0 Å². The van der Waals surface area contributed by atoms with Gasteiger partial charge in [-0.15, -0.1) is 0 Å². The van der Waals surface area contributed by atoms with Gasteiger partial charge in [-0.3, -0.25) is 0 Å². The van der Waals surface area contributed by atoms with Gasteiger partial charge >= 0.3 is 0 Å². The van der Waals surface area contributed by atoms with E-state index in [2.05, 4.69) is 29.9 Å². The molecular weight excluding hydrogens is 222 g/mol. The van der Waals surface area contributed by atoms with Crippen molar-refractivity contribution in [2.75, 3.05) is 11.9 Å². The summed E-state index contributed by atoms with van der Waals surface area (Å²) >= 11 is 0. The van der Waals surface area contributed by atoms with Crippen molar-refractivity contribution >= 4 is 5.82 Å². The molecule has 3 unspecified atom stereocenters.